The van der Waals surface area contributed by atoms with Crippen LogP contribution in [0.3, 0.4) is 0 Å². The monoisotopic (exact) mass is 456 g/mol. The first-order valence-corrected chi connectivity index (χ1v) is 11.8. The molecule has 3 N–H and O–H groups in total. The van der Waals surface area contributed by atoms with Crippen molar-refractivity contribution in [3.8, 4) is 6.07 Å². The van der Waals surface area contributed by atoms with Crippen molar-refractivity contribution in [2.24, 2.45) is 5.73 Å². The van der Waals surface area contributed by atoms with Gasteiger partial charge in [-0.05, 0) is 30.5 Å². The second-order valence-electron chi connectivity index (χ2n) is 8.72. The molecule has 2 aliphatic rings. The highest BCUT2D eigenvalue weighted by Gasteiger charge is 2.37. The molecule has 2 amide bonds. The van der Waals surface area contributed by atoms with Gasteiger partial charge in [0, 0.05) is 65.3 Å². The summed E-state index contributed by atoms with van der Waals surface area (Å²) in [5.74, 6) is -0.208. The first-order chi connectivity index (χ1) is 16.0. The van der Waals surface area contributed by atoms with Crippen LogP contribution in [0.2, 0.25) is 0 Å². The Balaban J connectivity index is 1.74. The molecule has 33 heavy (non-hydrogen) atoms. The lowest BCUT2D eigenvalue weighted by molar-refractivity contribution is -0.142. The Morgan fingerprint density at radius 3 is 2.61 bits per heavy atom. The summed E-state index contributed by atoms with van der Waals surface area (Å²) >= 11 is 0. The predicted octanol–water partition coefficient (Wildman–Crippen LogP) is 0.147. The molecule has 0 aromatic heterocycles. The standard InChI is InChI=1S/C24H36N6O3/c1-19(31)30-9-6-22(16-23(30)24(32)27-8-7-25)29(11-10-28-12-14-33-15-13-28)18-21-4-2-20(17-26)3-5-21/h2-5,22-23H,6-16,18,25H2,1H3,(H,27,32)/t22?,23-/m1/s1. The van der Waals surface area contributed by atoms with Crippen molar-refractivity contribution < 1.29 is 14.3 Å². The van der Waals surface area contributed by atoms with Crippen LogP contribution >= 0.6 is 0 Å². The lowest BCUT2D eigenvalue weighted by Gasteiger charge is -2.43. The van der Waals surface area contributed by atoms with Crippen molar-refractivity contribution in [3.05, 3.63) is 35.4 Å². The number of benzene rings is 1. The van der Waals surface area contributed by atoms with Crippen molar-refractivity contribution in [1.29, 1.82) is 5.26 Å². The fraction of sp³-hybridized carbons (Fsp3) is 0.625. The highest BCUT2D eigenvalue weighted by atomic mass is 16.5. The minimum Gasteiger partial charge on any atom is -0.379 e. The van der Waals surface area contributed by atoms with E-state index in [0.29, 0.717) is 31.6 Å². The number of likely N-dealkylation sites (tertiary alicyclic amines) is 1. The molecule has 2 heterocycles. The third kappa shape index (κ3) is 7.24. The minimum atomic E-state index is -0.486. The predicted molar refractivity (Wildman–Crippen MR) is 125 cm³/mol. The highest BCUT2D eigenvalue weighted by Crippen LogP contribution is 2.24. The van der Waals surface area contributed by atoms with E-state index in [1.165, 1.54) is 6.92 Å². The van der Waals surface area contributed by atoms with E-state index in [1.807, 2.05) is 24.3 Å². The van der Waals surface area contributed by atoms with Gasteiger partial charge >= 0.3 is 0 Å². The largest absolute Gasteiger partial charge is 0.379 e. The summed E-state index contributed by atoms with van der Waals surface area (Å²) in [5.41, 5.74) is 7.33. The molecule has 0 aliphatic carbocycles. The number of amides is 2. The molecule has 2 aliphatic heterocycles. The van der Waals surface area contributed by atoms with Gasteiger partial charge in [0.2, 0.25) is 11.8 Å². The average Bonchev–Trinajstić information content (AvgIpc) is 2.85. The zero-order chi connectivity index (χ0) is 23.6. The quantitative estimate of drug-likeness (QED) is 0.543. The molecule has 1 aromatic carbocycles. The van der Waals surface area contributed by atoms with Crippen LogP contribution in [0.5, 0.6) is 0 Å². The summed E-state index contributed by atoms with van der Waals surface area (Å²) < 4.78 is 5.47. The summed E-state index contributed by atoms with van der Waals surface area (Å²) in [7, 11) is 0. The van der Waals surface area contributed by atoms with Gasteiger partial charge in [0.25, 0.3) is 0 Å². The van der Waals surface area contributed by atoms with Crippen LogP contribution < -0.4 is 11.1 Å². The number of morpholine rings is 1. The first-order valence-electron chi connectivity index (χ1n) is 11.8. The van der Waals surface area contributed by atoms with Gasteiger partial charge < -0.3 is 20.7 Å². The maximum atomic E-state index is 12.8. The van der Waals surface area contributed by atoms with Crippen molar-refractivity contribution in [2.75, 3.05) is 59.0 Å². The fourth-order valence-corrected chi connectivity index (χ4v) is 4.62. The number of nitrogens with one attached hydrogen (secondary N) is 1. The Bertz CT molecular complexity index is 818. The lowest BCUT2D eigenvalue weighted by atomic mass is 9.94. The van der Waals surface area contributed by atoms with Gasteiger partial charge in [-0.3, -0.25) is 19.4 Å². The topological polar surface area (TPSA) is 115 Å². The summed E-state index contributed by atoms with van der Waals surface area (Å²) in [5, 5.41) is 12.0. The zero-order valence-corrected chi connectivity index (χ0v) is 19.5. The summed E-state index contributed by atoms with van der Waals surface area (Å²) in [6.45, 7) is 8.75. The molecular weight excluding hydrogens is 420 g/mol. The van der Waals surface area contributed by atoms with E-state index in [-0.39, 0.29) is 17.9 Å². The SMILES string of the molecule is CC(=O)N1CCC(N(CCN2CCOCC2)Cc2ccc(C#N)cc2)C[C@@H]1C(=O)NCCN. The minimum absolute atomic E-state index is 0.0756. The molecule has 1 unspecified atom stereocenters. The van der Waals surface area contributed by atoms with E-state index in [2.05, 4.69) is 21.2 Å². The van der Waals surface area contributed by atoms with E-state index < -0.39 is 6.04 Å². The van der Waals surface area contributed by atoms with Gasteiger partial charge in [-0.2, -0.15) is 5.26 Å². The number of nitrogens with two attached hydrogens (primary N) is 1. The third-order valence-electron chi connectivity index (χ3n) is 6.52. The summed E-state index contributed by atoms with van der Waals surface area (Å²) in [6, 6.07) is 9.53. The Kier molecular flexibility index (Phi) is 9.63. The molecular formula is C24H36N6O3. The number of carbonyl (C=O) groups is 2. The number of hydrogen-bond acceptors (Lipinski definition) is 7. The third-order valence-corrected chi connectivity index (χ3v) is 6.52. The Hall–Kier alpha value is -2.51. The number of carbonyl (C=O) groups excluding carboxylic acids is 2. The molecule has 9 heteroatoms. The van der Waals surface area contributed by atoms with Crippen molar-refractivity contribution in [3.63, 3.8) is 0 Å². The van der Waals surface area contributed by atoms with E-state index in [9.17, 15) is 9.59 Å². The normalized spacial score (nSPS) is 21.6. The maximum Gasteiger partial charge on any atom is 0.242 e. The number of ether oxygens (including phenoxy) is 1. The Labute approximate surface area is 196 Å². The van der Waals surface area contributed by atoms with Crippen molar-refractivity contribution in [1.82, 2.24) is 20.0 Å². The molecule has 3 rings (SSSR count). The van der Waals surface area contributed by atoms with E-state index in [1.54, 1.807) is 4.90 Å². The second kappa shape index (κ2) is 12.7. The molecule has 180 valence electrons. The van der Waals surface area contributed by atoms with Crippen LogP contribution in [-0.4, -0.2) is 97.6 Å². The van der Waals surface area contributed by atoms with Crippen LogP contribution in [0.25, 0.3) is 0 Å². The van der Waals surface area contributed by atoms with Crippen molar-refractivity contribution in [2.45, 2.75) is 38.4 Å². The Morgan fingerprint density at radius 2 is 1.97 bits per heavy atom. The smallest absolute Gasteiger partial charge is 0.242 e. The van der Waals surface area contributed by atoms with Gasteiger partial charge in [0.15, 0.2) is 0 Å². The summed E-state index contributed by atoms with van der Waals surface area (Å²) in [6.07, 6.45) is 1.41. The molecule has 0 radical (unpaired) electrons. The van der Waals surface area contributed by atoms with E-state index >= 15 is 0 Å². The highest BCUT2D eigenvalue weighted by molar-refractivity contribution is 5.87. The number of nitrogens with zero attached hydrogens (tertiary/aromatic N) is 4. The van der Waals surface area contributed by atoms with Gasteiger partial charge in [-0.25, -0.2) is 0 Å². The zero-order valence-electron chi connectivity index (χ0n) is 19.5. The molecule has 0 saturated carbocycles. The molecule has 0 bridgehead atoms. The van der Waals surface area contributed by atoms with Crippen LogP contribution in [0.1, 0.15) is 30.9 Å². The van der Waals surface area contributed by atoms with E-state index in [4.69, 9.17) is 15.7 Å². The van der Waals surface area contributed by atoms with Gasteiger partial charge in [-0.15, -0.1) is 0 Å². The van der Waals surface area contributed by atoms with Crippen molar-refractivity contribution >= 4 is 11.8 Å². The molecule has 2 saturated heterocycles. The molecule has 9 nitrogen and oxygen atoms in total. The second-order valence-corrected chi connectivity index (χ2v) is 8.72. The molecule has 2 atom stereocenters. The van der Waals surface area contributed by atoms with Crippen LogP contribution in [-0.2, 0) is 20.9 Å². The lowest BCUT2D eigenvalue weighted by Crippen LogP contribution is -2.57. The molecule has 2 fully saturated rings. The van der Waals surface area contributed by atoms with Gasteiger partial charge in [-0.1, -0.05) is 12.1 Å². The maximum absolute atomic E-state index is 12.8. The number of piperidine rings is 1. The van der Waals surface area contributed by atoms with Crippen LogP contribution in [0, 0.1) is 11.3 Å². The van der Waals surface area contributed by atoms with E-state index in [0.717, 1.165) is 57.9 Å². The molecule has 1 aromatic rings. The summed E-state index contributed by atoms with van der Waals surface area (Å²) in [4.78, 5) is 31.6. The number of rotatable bonds is 9. The van der Waals surface area contributed by atoms with Gasteiger partial charge in [0.1, 0.15) is 6.04 Å². The Morgan fingerprint density at radius 1 is 1.24 bits per heavy atom. The first kappa shape index (κ1) is 25.1. The molecule has 0 spiro atoms. The van der Waals surface area contributed by atoms with Gasteiger partial charge in [0.05, 0.1) is 24.8 Å². The average molecular weight is 457 g/mol. The van der Waals surface area contributed by atoms with Crippen LogP contribution in [0.4, 0.5) is 0 Å². The number of nitriles is 1. The van der Waals surface area contributed by atoms with Crippen LogP contribution in [0.15, 0.2) is 24.3 Å². The number of hydrogen-bond donors (Lipinski definition) is 2. The fourth-order valence-electron chi connectivity index (χ4n) is 4.62.